The Kier molecular flexibility index (Phi) is 6.85. The van der Waals surface area contributed by atoms with Crippen molar-refractivity contribution < 1.29 is 23.8 Å². The normalized spacial score (nSPS) is 20.8. The smallest absolute Gasteiger partial charge is 0.309 e. The van der Waals surface area contributed by atoms with Crippen LogP contribution in [0.25, 0.3) is 11.1 Å². The van der Waals surface area contributed by atoms with Crippen molar-refractivity contribution >= 4 is 5.97 Å². The maximum Gasteiger partial charge on any atom is 0.309 e. The standard InChI is InChI=1S/C33H37FO4/c1-6-37-31(36)28-18-33(28)14-13-22-9-10-23(17-27(22)33)38-19-21-8-11-24(25-15-20(2)7-12-29(25)34)26(16-21)30(35)32(3,4)5/h7-12,15-17,28,30,35H,6,13-14,18-19H2,1-5H3/t28-,30?,33-/m0/s1. The van der Waals surface area contributed by atoms with Gasteiger partial charge < -0.3 is 14.6 Å². The molecule has 1 unspecified atom stereocenters. The van der Waals surface area contributed by atoms with Crippen molar-refractivity contribution in [1.29, 1.82) is 0 Å². The molecule has 5 rings (SSSR count). The van der Waals surface area contributed by atoms with Gasteiger partial charge in [0.1, 0.15) is 18.2 Å². The minimum Gasteiger partial charge on any atom is -0.489 e. The quantitative estimate of drug-likeness (QED) is 0.337. The van der Waals surface area contributed by atoms with E-state index in [1.165, 1.54) is 17.2 Å². The number of aliphatic hydroxyl groups excluding tert-OH is 1. The van der Waals surface area contributed by atoms with Gasteiger partial charge in [0, 0.05) is 11.0 Å². The number of carbonyl (C=O) groups excluding carboxylic acids is 1. The van der Waals surface area contributed by atoms with Crippen LogP contribution in [0.2, 0.25) is 0 Å². The summed E-state index contributed by atoms with van der Waals surface area (Å²) >= 11 is 0. The summed E-state index contributed by atoms with van der Waals surface area (Å²) < 4.78 is 26.3. The van der Waals surface area contributed by atoms with Gasteiger partial charge in [-0.1, -0.05) is 50.6 Å². The number of benzene rings is 3. The Morgan fingerprint density at radius 2 is 1.89 bits per heavy atom. The number of esters is 1. The fourth-order valence-corrected chi connectivity index (χ4v) is 5.90. The second kappa shape index (κ2) is 9.85. The van der Waals surface area contributed by atoms with Gasteiger partial charge in [-0.25, -0.2) is 4.39 Å². The zero-order valence-corrected chi connectivity index (χ0v) is 22.9. The van der Waals surface area contributed by atoms with E-state index in [0.717, 1.165) is 36.1 Å². The highest BCUT2D eigenvalue weighted by atomic mass is 19.1. The SMILES string of the molecule is CCOC(=O)[C@@H]1C[C@]12CCc1ccc(OCc3ccc(-c4cc(C)ccc4F)c(C(O)C(C)(C)C)c3)cc12. The highest BCUT2D eigenvalue weighted by molar-refractivity contribution is 5.80. The molecule has 5 heteroatoms. The summed E-state index contributed by atoms with van der Waals surface area (Å²) in [6, 6.07) is 17.0. The molecule has 0 radical (unpaired) electrons. The largest absolute Gasteiger partial charge is 0.489 e. The summed E-state index contributed by atoms with van der Waals surface area (Å²) in [5.41, 5.74) is 5.67. The summed E-state index contributed by atoms with van der Waals surface area (Å²) in [6.07, 6.45) is 2.00. The van der Waals surface area contributed by atoms with E-state index >= 15 is 0 Å². The number of aliphatic hydroxyl groups is 1. The zero-order valence-electron chi connectivity index (χ0n) is 22.9. The van der Waals surface area contributed by atoms with Crippen LogP contribution < -0.4 is 4.74 Å². The Bertz CT molecular complexity index is 1370. The molecule has 1 saturated carbocycles. The van der Waals surface area contributed by atoms with Crippen LogP contribution in [0.3, 0.4) is 0 Å². The minimum atomic E-state index is -0.785. The molecule has 0 amide bonds. The number of ether oxygens (including phenoxy) is 2. The van der Waals surface area contributed by atoms with Crippen molar-refractivity contribution in [1.82, 2.24) is 0 Å². The first-order valence-electron chi connectivity index (χ1n) is 13.5. The van der Waals surface area contributed by atoms with Crippen molar-refractivity contribution in [3.8, 4) is 16.9 Å². The zero-order chi connectivity index (χ0) is 27.2. The van der Waals surface area contributed by atoms with Gasteiger partial charge in [-0.2, -0.15) is 0 Å². The molecule has 3 aromatic carbocycles. The van der Waals surface area contributed by atoms with Crippen LogP contribution in [-0.4, -0.2) is 17.7 Å². The lowest BCUT2D eigenvalue weighted by Crippen LogP contribution is -2.19. The third-order valence-corrected chi connectivity index (χ3v) is 8.15. The molecule has 4 nitrogen and oxygen atoms in total. The molecule has 0 aromatic heterocycles. The molecule has 2 aliphatic rings. The van der Waals surface area contributed by atoms with Gasteiger partial charge in [0.05, 0.1) is 18.6 Å². The van der Waals surface area contributed by atoms with E-state index in [0.29, 0.717) is 29.9 Å². The van der Waals surface area contributed by atoms with Gasteiger partial charge in [-0.3, -0.25) is 4.79 Å². The molecule has 0 heterocycles. The summed E-state index contributed by atoms with van der Waals surface area (Å²) in [6.45, 7) is 10.4. The van der Waals surface area contributed by atoms with E-state index < -0.39 is 11.5 Å². The van der Waals surface area contributed by atoms with E-state index in [-0.39, 0.29) is 23.1 Å². The molecule has 0 bridgehead atoms. The van der Waals surface area contributed by atoms with Crippen LogP contribution in [0.1, 0.15) is 74.5 Å². The number of carbonyl (C=O) groups is 1. The third kappa shape index (κ3) is 4.84. The molecule has 2 aliphatic carbocycles. The van der Waals surface area contributed by atoms with Gasteiger partial charge in [0.15, 0.2) is 0 Å². The van der Waals surface area contributed by atoms with Crippen molar-refractivity contribution in [2.24, 2.45) is 11.3 Å². The number of rotatable bonds is 7. The second-order valence-electron chi connectivity index (χ2n) is 11.9. The van der Waals surface area contributed by atoms with Crippen LogP contribution >= 0.6 is 0 Å². The van der Waals surface area contributed by atoms with Crippen molar-refractivity contribution in [2.75, 3.05) is 6.61 Å². The highest BCUT2D eigenvalue weighted by Gasteiger charge is 2.62. The van der Waals surface area contributed by atoms with Gasteiger partial charge in [-0.15, -0.1) is 0 Å². The van der Waals surface area contributed by atoms with Gasteiger partial charge in [0.2, 0.25) is 0 Å². The summed E-state index contributed by atoms with van der Waals surface area (Å²) in [4.78, 5) is 12.4. The molecule has 1 spiro atoms. The van der Waals surface area contributed by atoms with E-state index in [2.05, 4.69) is 12.1 Å². The van der Waals surface area contributed by atoms with E-state index in [9.17, 15) is 14.3 Å². The topological polar surface area (TPSA) is 55.8 Å². The van der Waals surface area contributed by atoms with Crippen molar-refractivity contribution in [2.45, 2.75) is 72.0 Å². The number of aryl methyl sites for hydroxylation is 2. The van der Waals surface area contributed by atoms with Gasteiger partial charge in [0.25, 0.3) is 0 Å². The van der Waals surface area contributed by atoms with E-state index in [1.54, 1.807) is 6.07 Å². The first-order chi connectivity index (χ1) is 18.0. The minimum absolute atomic E-state index is 0.0602. The lowest BCUT2D eigenvalue weighted by atomic mass is 9.81. The van der Waals surface area contributed by atoms with E-state index in [4.69, 9.17) is 9.47 Å². The van der Waals surface area contributed by atoms with Crippen LogP contribution in [-0.2, 0) is 28.0 Å². The first-order valence-corrected chi connectivity index (χ1v) is 13.5. The predicted octanol–water partition coefficient (Wildman–Crippen LogP) is 7.23. The monoisotopic (exact) mass is 516 g/mol. The summed E-state index contributed by atoms with van der Waals surface area (Å²) in [5, 5.41) is 11.2. The molecule has 1 N–H and O–H groups in total. The predicted molar refractivity (Wildman–Crippen MR) is 147 cm³/mol. The number of halogens is 1. The second-order valence-corrected chi connectivity index (χ2v) is 11.9. The fourth-order valence-electron chi connectivity index (χ4n) is 5.90. The van der Waals surface area contributed by atoms with Crippen LogP contribution in [0.5, 0.6) is 5.75 Å². The Morgan fingerprint density at radius 3 is 2.63 bits per heavy atom. The molecule has 0 aliphatic heterocycles. The van der Waals surface area contributed by atoms with E-state index in [1.807, 2.05) is 65.0 Å². The average Bonchev–Trinajstić information content (AvgIpc) is 3.52. The average molecular weight is 517 g/mol. The summed E-state index contributed by atoms with van der Waals surface area (Å²) in [5.74, 6) is 0.290. The molecular weight excluding hydrogens is 479 g/mol. The molecular formula is C33H37FO4. The van der Waals surface area contributed by atoms with Gasteiger partial charge in [-0.05, 0) is 96.7 Å². The number of fused-ring (bicyclic) bond motifs is 2. The fraction of sp³-hybridized carbons (Fsp3) is 0.424. The highest BCUT2D eigenvalue weighted by Crippen LogP contribution is 2.62. The number of hydrogen-bond acceptors (Lipinski definition) is 4. The molecule has 1 fully saturated rings. The lowest BCUT2D eigenvalue weighted by molar-refractivity contribution is -0.145. The van der Waals surface area contributed by atoms with Crippen molar-refractivity contribution in [3.63, 3.8) is 0 Å². The third-order valence-electron chi connectivity index (χ3n) is 8.15. The van der Waals surface area contributed by atoms with Crippen LogP contribution in [0.4, 0.5) is 4.39 Å². The molecule has 200 valence electrons. The Morgan fingerprint density at radius 1 is 1.11 bits per heavy atom. The summed E-state index contributed by atoms with van der Waals surface area (Å²) in [7, 11) is 0. The Labute approximate surface area is 224 Å². The molecule has 0 saturated heterocycles. The Hall–Kier alpha value is -3.18. The molecule has 3 atom stereocenters. The maximum absolute atomic E-state index is 14.8. The van der Waals surface area contributed by atoms with Gasteiger partial charge >= 0.3 is 5.97 Å². The maximum atomic E-state index is 14.8. The lowest BCUT2D eigenvalue weighted by Gasteiger charge is -2.28. The van der Waals surface area contributed by atoms with Crippen molar-refractivity contribution in [3.05, 3.63) is 88.2 Å². The Balaban J connectivity index is 1.40. The molecule has 38 heavy (non-hydrogen) atoms. The van der Waals surface area contributed by atoms with Crippen LogP contribution in [0.15, 0.2) is 54.6 Å². The molecule has 3 aromatic rings. The van der Waals surface area contributed by atoms with Crippen LogP contribution in [0, 0.1) is 24.1 Å². The first kappa shape index (κ1) is 26.4. The number of hydrogen-bond donors (Lipinski definition) is 1.